The van der Waals surface area contributed by atoms with E-state index in [2.05, 4.69) is 4.98 Å². The van der Waals surface area contributed by atoms with E-state index in [0.717, 1.165) is 10.9 Å². The third-order valence-corrected chi connectivity index (χ3v) is 1.69. The number of para-hydroxylation sites is 1. The summed E-state index contributed by atoms with van der Waals surface area (Å²) in [5.74, 6) is 0. The molecule has 0 N–H and O–H groups in total. The van der Waals surface area contributed by atoms with E-state index < -0.39 is 0 Å². The fourth-order valence-electron chi connectivity index (χ4n) is 1.09. The first-order chi connectivity index (χ1) is 5.86. The first-order valence-corrected chi connectivity index (χ1v) is 3.71. The molecular weight excluding hydrogens is 150 g/mol. The fourth-order valence-corrected chi connectivity index (χ4v) is 1.09. The molecule has 2 aromatic rings. The molecule has 58 valence electrons. The average Bonchev–Trinajstić information content (AvgIpc) is 2.29. The lowest BCUT2D eigenvalue weighted by Gasteiger charge is -1.86. The van der Waals surface area contributed by atoms with Crippen LogP contribution in [0.1, 0.15) is 0 Å². The fraction of sp³-hybridized carbons (Fsp3) is 0. The Morgan fingerprint density at radius 3 is 2.75 bits per heavy atom. The van der Waals surface area contributed by atoms with Crippen LogP contribution in [0.4, 0.5) is 0 Å². The van der Waals surface area contributed by atoms with Crippen molar-refractivity contribution in [2.75, 3.05) is 0 Å². The highest BCUT2D eigenvalue weighted by atomic mass is 16.1. The van der Waals surface area contributed by atoms with Crippen molar-refractivity contribution in [2.45, 2.75) is 0 Å². The van der Waals surface area contributed by atoms with Gasteiger partial charge < -0.3 is 0 Å². The number of hydrogen-bond acceptors (Lipinski definition) is 2. The standard InChI is InChI=1S/C10H7NO/c12-9-6-5-8-3-1-2-4-10(8)11-7-9/h1-7H. The van der Waals surface area contributed by atoms with Gasteiger partial charge in [0.15, 0.2) is 5.43 Å². The second-order valence-corrected chi connectivity index (χ2v) is 2.55. The van der Waals surface area contributed by atoms with Gasteiger partial charge in [0.2, 0.25) is 0 Å². The molecule has 0 atom stereocenters. The lowest BCUT2D eigenvalue weighted by atomic mass is 10.2. The normalized spacial score (nSPS) is 10.0. The van der Waals surface area contributed by atoms with Gasteiger partial charge in [0, 0.05) is 5.39 Å². The van der Waals surface area contributed by atoms with E-state index in [0.29, 0.717) is 0 Å². The van der Waals surface area contributed by atoms with E-state index in [4.69, 9.17) is 0 Å². The second-order valence-electron chi connectivity index (χ2n) is 2.55. The maximum Gasteiger partial charge on any atom is 0.196 e. The van der Waals surface area contributed by atoms with E-state index in [-0.39, 0.29) is 5.43 Å². The number of rotatable bonds is 0. The van der Waals surface area contributed by atoms with Crippen LogP contribution in [0.3, 0.4) is 0 Å². The lowest BCUT2D eigenvalue weighted by Crippen LogP contribution is -1.89. The van der Waals surface area contributed by atoms with Gasteiger partial charge in [0.05, 0.1) is 11.7 Å². The summed E-state index contributed by atoms with van der Waals surface area (Å²) >= 11 is 0. The molecule has 0 radical (unpaired) electrons. The molecule has 1 aromatic heterocycles. The maximum atomic E-state index is 10.9. The molecule has 0 fully saturated rings. The van der Waals surface area contributed by atoms with Crippen LogP contribution in [0.5, 0.6) is 0 Å². The van der Waals surface area contributed by atoms with Crippen molar-refractivity contribution in [3.63, 3.8) is 0 Å². The van der Waals surface area contributed by atoms with Crippen molar-refractivity contribution >= 4 is 10.9 Å². The van der Waals surface area contributed by atoms with Crippen LogP contribution in [0.2, 0.25) is 0 Å². The molecule has 0 aliphatic rings. The Balaban J connectivity index is 2.94. The zero-order valence-electron chi connectivity index (χ0n) is 6.40. The minimum Gasteiger partial charge on any atom is -0.288 e. The van der Waals surface area contributed by atoms with Gasteiger partial charge in [-0.15, -0.1) is 0 Å². The van der Waals surface area contributed by atoms with Gasteiger partial charge in [0.25, 0.3) is 0 Å². The second kappa shape index (κ2) is 2.74. The molecule has 12 heavy (non-hydrogen) atoms. The molecule has 0 unspecified atom stereocenters. The zero-order chi connectivity index (χ0) is 8.39. The summed E-state index contributed by atoms with van der Waals surface area (Å²) in [6, 6.07) is 10.9. The summed E-state index contributed by atoms with van der Waals surface area (Å²) in [4.78, 5) is 14.9. The Morgan fingerprint density at radius 1 is 1.00 bits per heavy atom. The van der Waals surface area contributed by atoms with E-state index in [1.165, 1.54) is 12.3 Å². The van der Waals surface area contributed by atoms with Crippen molar-refractivity contribution in [2.24, 2.45) is 0 Å². The summed E-state index contributed by atoms with van der Waals surface area (Å²) in [6.45, 7) is 0. The first-order valence-electron chi connectivity index (χ1n) is 3.71. The van der Waals surface area contributed by atoms with E-state index >= 15 is 0 Å². The number of benzene rings is 1. The molecule has 2 heteroatoms. The minimum absolute atomic E-state index is 0.0637. The van der Waals surface area contributed by atoms with E-state index in [9.17, 15) is 4.79 Å². The van der Waals surface area contributed by atoms with Crippen LogP contribution in [0.15, 0.2) is 47.4 Å². The monoisotopic (exact) mass is 157 g/mol. The number of fused-ring (bicyclic) bond motifs is 1. The van der Waals surface area contributed by atoms with Crippen molar-refractivity contribution < 1.29 is 0 Å². The number of nitrogens with zero attached hydrogens (tertiary/aromatic N) is 1. The molecular formula is C10H7NO. The molecule has 1 heterocycles. The predicted molar refractivity (Wildman–Crippen MR) is 48.0 cm³/mol. The largest absolute Gasteiger partial charge is 0.288 e. The Hall–Kier alpha value is -1.70. The summed E-state index contributed by atoms with van der Waals surface area (Å²) < 4.78 is 0. The summed E-state index contributed by atoms with van der Waals surface area (Å²) in [5, 5.41) is 0.986. The molecule has 0 aliphatic carbocycles. The van der Waals surface area contributed by atoms with Crippen LogP contribution in [0.25, 0.3) is 10.9 Å². The molecule has 0 amide bonds. The third kappa shape index (κ3) is 1.19. The van der Waals surface area contributed by atoms with Crippen LogP contribution in [0, 0.1) is 0 Å². The van der Waals surface area contributed by atoms with Crippen molar-refractivity contribution in [3.05, 3.63) is 52.8 Å². The highest BCUT2D eigenvalue weighted by Gasteiger charge is 1.88. The van der Waals surface area contributed by atoms with Crippen molar-refractivity contribution in [3.8, 4) is 0 Å². The maximum absolute atomic E-state index is 10.9. The Kier molecular flexibility index (Phi) is 1.59. The van der Waals surface area contributed by atoms with E-state index in [1.807, 2.05) is 24.3 Å². The highest BCUT2D eigenvalue weighted by molar-refractivity contribution is 5.77. The zero-order valence-corrected chi connectivity index (χ0v) is 6.40. The van der Waals surface area contributed by atoms with Gasteiger partial charge in [-0.2, -0.15) is 0 Å². The molecule has 0 spiro atoms. The quantitative estimate of drug-likeness (QED) is 0.581. The molecule has 1 aromatic carbocycles. The van der Waals surface area contributed by atoms with Gasteiger partial charge >= 0.3 is 0 Å². The molecule has 2 nitrogen and oxygen atoms in total. The SMILES string of the molecule is O=c1ccc2ccccc2nc1. The van der Waals surface area contributed by atoms with E-state index in [1.54, 1.807) is 6.07 Å². The third-order valence-electron chi connectivity index (χ3n) is 1.69. The van der Waals surface area contributed by atoms with Gasteiger partial charge in [-0.25, -0.2) is 0 Å². The summed E-state index contributed by atoms with van der Waals surface area (Å²) in [7, 11) is 0. The van der Waals surface area contributed by atoms with Crippen molar-refractivity contribution in [1.82, 2.24) is 4.98 Å². The van der Waals surface area contributed by atoms with Crippen LogP contribution in [-0.4, -0.2) is 4.98 Å². The smallest absolute Gasteiger partial charge is 0.196 e. The molecule has 0 bridgehead atoms. The Bertz CT molecular complexity index is 424. The topological polar surface area (TPSA) is 30.0 Å². The van der Waals surface area contributed by atoms with Crippen LogP contribution >= 0.6 is 0 Å². The summed E-state index contributed by atoms with van der Waals surface area (Å²) in [5.41, 5.74) is 0.783. The minimum atomic E-state index is -0.0637. The van der Waals surface area contributed by atoms with Crippen molar-refractivity contribution in [1.29, 1.82) is 0 Å². The Labute approximate surface area is 69.5 Å². The predicted octanol–water partition coefficient (Wildman–Crippen LogP) is 1.59. The molecule has 0 saturated heterocycles. The summed E-state index contributed by atoms with van der Waals surface area (Å²) in [6.07, 6.45) is 1.34. The number of aromatic nitrogens is 1. The lowest BCUT2D eigenvalue weighted by molar-refractivity contribution is 1.40. The average molecular weight is 157 g/mol. The molecule has 0 aliphatic heterocycles. The highest BCUT2D eigenvalue weighted by Crippen LogP contribution is 2.06. The van der Waals surface area contributed by atoms with Gasteiger partial charge in [-0.05, 0) is 18.2 Å². The Morgan fingerprint density at radius 2 is 1.83 bits per heavy atom. The van der Waals surface area contributed by atoms with Crippen LogP contribution < -0.4 is 5.43 Å². The number of hydrogen-bond donors (Lipinski definition) is 0. The van der Waals surface area contributed by atoms with Gasteiger partial charge in [0.1, 0.15) is 0 Å². The molecule has 2 rings (SSSR count). The molecule has 0 saturated carbocycles. The van der Waals surface area contributed by atoms with Gasteiger partial charge in [-0.1, -0.05) is 18.2 Å². The van der Waals surface area contributed by atoms with Gasteiger partial charge in [-0.3, -0.25) is 9.78 Å². The van der Waals surface area contributed by atoms with Crippen LogP contribution in [-0.2, 0) is 0 Å². The first kappa shape index (κ1) is 6.98.